The predicted octanol–water partition coefficient (Wildman–Crippen LogP) is 4.46. The summed E-state index contributed by atoms with van der Waals surface area (Å²) in [6.45, 7) is -0.209. The van der Waals surface area contributed by atoms with Crippen LogP contribution in [0.3, 0.4) is 0 Å². The average Bonchev–Trinajstić information content (AvgIpc) is 2.59. The lowest BCUT2D eigenvalue weighted by Crippen LogP contribution is -2.30. The number of amides is 1. The van der Waals surface area contributed by atoms with Crippen LogP contribution in [-0.4, -0.2) is 19.1 Å². The lowest BCUT2D eigenvalue weighted by atomic mass is 10.1. The lowest BCUT2D eigenvalue weighted by molar-refractivity contribution is -0.138. The number of benzene rings is 2. The van der Waals surface area contributed by atoms with Crippen LogP contribution >= 0.6 is 0 Å². The first kappa shape index (κ1) is 20.6. The quantitative estimate of drug-likeness (QED) is 0.739. The first-order valence-corrected chi connectivity index (χ1v) is 7.78. The van der Waals surface area contributed by atoms with Crippen molar-refractivity contribution in [2.45, 2.75) is 18.8 Å². The molecule has 0 saturated carbocycles. The van der Waals surface area contributed by atoms with Gasteiger partial charge in [-0.1, -0.05) is 12.1 Å². The van der Waals surface area contributed by atoms with Crippen LogP contribution in [0.2, 0.25) is 0 Å². The third-order valence-electron chi connectivity index (χ3n) is 3.57. The number of hydrogen-bond acceptors (Lipinski definition) is 2. The number of nitrogens with one attached hydrogen (secondary N) is 1. The molecule has 2 rings (SSSR count). The number of hydrogen-bond donors (Lipinski definition) is 1. The van der Waals surface area contributed by atoms with Gasteiger partial charge in [0.25, 0.3) is 5.91 Å². The summed E-state index contributed by atoms with van der Waals surface area (Å²) in [4.78, 5) is 11.7. The average molecular weight is 391 g/mol. The van der Waals surface area contributed by atoms with Gasteiger partial charge in [-0.2, -0.15) is 26.3 Å². The highest BCUT2D eigenvalue weighted by atomic mass is 19.4. The van der Waals surface area contributed by atoms with Crippen molar-refractivity contribution in [1.29, 1.82) is 0 Å². The fourth-order valence-corrected chi connectivity index (χ4v) is 2.15. The zero-order valence-electron chi connectivity index (χ0n) is 13.8. The number of alkyl halides is 6. The zero-order chi connectivity index (χ0) is 20.1. The lowest BCUT2D eigenvalue weighted by Gasteiger charge is -2.10. The third-order valence-corrected chi connectivity index (χ3v) is 3.57. The Hall–Kier alpha value is -2.71. The van der Waals surface area contributed by atoms with Crippen molar-refractivity contribution in [3.8, 4) is 5.75 Å². The molecule has 0 saturated heterocycles. The maximum atomic E-state index is 12.5. The van der Waals surface area contributed by atoms with Crippen molar-refractivity contribution < 1.29 is 35.9 Å². The molecule has 1 N–H and O–H groups in total. The monoisotopic (exact) mass is 391 g/mol. The first-order valence-electron chi connectivity index (χ1n) is 7.78. The van der Waals surface area contributed by atoms with Crippen LogP contribution in [0.25, 0.3) is 0 Å². The highest BCUT2D eigenvalue weighted by molar-refractivity contribution is 5.77. The summed E-state index contributed by atoms with van der Waals surface area (Å²) in [5.41, 5.74) is -0.956. The van der Waals surface area contributed by atoms with Crippen molar-refractivity contribution in [1.82, 2.24) is 5.32 Å². The minimum absolute atomic E-state index is 0.112. The standard InChI is InChI=1S/C18H15F6NO2/c19-17(20,21)13-3-1-12(2-4-13)9-10-25-16(26)11-27-15-7-5-14(6-8-15)18(22,23)24/h1-8H,9-11H2,(H,25,26). The normalized spacial score (nSPS) is 11.9. The molecule has 0 aromatic heterocycles. The highest BCUT2D eigenvalue weighted by Crippen LogP contribution is 2.30. The van der Waals surface area contributed by atoms with E-state index < -0.39 is 36.0 Å². The van der Waals surface area contributed by atoms with E-state index in [2.05, 4.69) is 5.32 Å². The van der Waals surface area contributed by atoms with E-state index in [4.69, 9.17) is 4.74 Å². The van der Waals surface area contributed by atoms with Crippen LogP contribution in [0.1, 0.15) is 16.7 Å². The van der Waals surface area contributed by atoms with Crippen molar-refractivity contribution in [3.05, 3.63) is 65.2 Å². The number of carbonyl (C=O) groups excluding carboxylic acids is 1. The smallest absolute Gasteiger partial charge is 0.416 e. The molecule has 0 fully saturated rings. The Labute approximate surface area is 150 Å². The summed E-state index contributed by atoms with van der Waals surface area (Å²) in [5.74, 6) is -0.386. The molecule has 0 aliphatic heterocycles. The number of rotatable bonds is 6. The van der Waals surface area contributed by atoms with Gasteiger partial charge in [0.15, 0.2) is 6.61 Å². The molecule has 1 amide bonds. The van der Waals surface area contributed by atoms with E-state index in [-0.39, 0.29) is 12.3 Å². The van der Waals surface area contributed by atoms with Crippen molar-refractivity contribution in [3.63, 3.8) is 0 Å². The van der Waals surface area contributed by atoms with Crippen molar-refractivity contribution in [2.75, 3.05) is 13.2 Å². The van der Waals surface area contributed by atoms with Crippen LogP contribution in [0.4, 0.5) is 26.3 Å². The van der Waals surface area contributed by atoms with Gasteiger partial charge in [-0.05, 0) is 48.4 Å². The van der Waals surface area contributed by atoms with Gasteiger partial charge in [-0.25, -0.2) is 0 Å². The van der Waals surface area contributed by atoms with E-state index in [1.165, 1.54) is 12.1 Å². The van der Waals surface area contributed by atoms with E-state index in [1.54, 1.807) is 0 Å². The first-order chi connectivity index (χ1) is 12.6. The van der Waals surface area contributed by atoms with Gasteiger partial charge >= 0.3 is 12.4 Å². The second-order valence-electron chi connectivity index (χ2n) is 5.61. The largest absolute Gasteiger partial charge is 0.484 e. The third kappa shape index (κ3) is 6.50. The molecule has 2 aromatic rings. The maximum absolute atomic E-state index is 12.5. The highest BCUT2D eigenvalue weighted by Gasteiger charge is 2.30. The molecule has 2 aromatic carbocycles. The van der Waals surface area contributed by atoms with Crippen LogP contribution in [0, 0.1) is 0 Å². The molecule has 0 aliphatic carbocycles. The number of carbonyl (C=O) groups is 1. The van der Waals surface area contributed by atoms with E-state index in [1.807, 2.05) is 0 Å². The maximum Gasteiger partial charge on any atom is 0.416 e. The summed E-state index contributed by atoms with van der Waals surface area (Å²) < 4.78 is 79.8. The minimum Gasteiger partial charge on any atom is -0.484 e. The Balaban J connectivity index is 1.73. The van der Waals surface area contributed by atoms with Crippen LogP contribution < -0.4 is 10.1 Å². The second-order valence-corrected chi connectivity index (χ2v) is 5.61. The molecule has 0 aliphatic rings. The van der Waals surface area contributed by atoms with E-state index in [9.17, 15) is 31.1 Å². The van der Waals surface area contributed by atoms with E-state index in [0.717, 1.165) is 36.4 Å². The summed E-state index contributed by atoms with van der Waals surface area (Å²) in [6, 6.07) is 8.49. The van der Waals surface area contributed by atoms with Gasteiger partial charge in [0.2, 0.25) is 0 Å². The van der Waals surface area contributed by atoms with Gasteiger partial charge in [0.1, 0.15) is 5.75 Å². The summed E-state index contributed by atoms with van der Waals surface area (Å²) in [6.07, 6.45) is -8.53. The van der Waals surface area contributed by atoms with Gasteiger partial charge < -0.3 is 10.1 Å². The Morgan fingerprint density at radius 3 is 1.78 bits per heavy atom. The van der Waals surface area contributed by atoms with E-state index in [0.29, 0.717) is 12.0 Å². The fourth-order valence-electron chi connectivity index (χ4n) is 2.15. The number of halogens is 6. The van der Waals surface area contributed by atoms with Crippen LogP contribution in [0.5, 0.6) is 5.75 Å². The molecule has 3 nitrogen and oxygen atoms in total. The number of ether oxygens (including phenoxy) is 1. The zero-order valence-corrected chi connectivity index (χ0v) is 13.8. The Kier molecular flexibility index (Phi) is 6.35. The molecule has 0 radical (unpaired) electrons. The van der Waals surface area contributed by atoms with Crippen molar-refractivity contribution in [2.24, 2.45) is 0 Å². The SMILES string of the molecule is O=C(COc1ccc(C(F)(F)F)cc1)NCCc1ccc(C(F)(F)F)cc1. The van der Waals surface area contributed by atoms with Gasteiger partial charge in [0, 0.05) is 6.54 Å². The second kappa shape index (κ2) is 8.32. The molecule has 27 heavy (non-hydrogen) atoms. The molecule has 9 heteroatoms. The molecule has 146 valence electrons. The molecule has 0 unspecified atom stereocenters. The molecule has 0 heterocycles. The van der Waals surface area contributed by atoms with Crippen molar-refractivity contribution >= 4 is 5.91 Å². The van der Waals surface area contributed by atoms with Crippen LogP contribution in [0.15, 0.2) is 48.5 Å². The van der Waals surface area contributed by atoms with E-state index >= 15 is 0 Å². The van der Waals surface area contributed by atoms with Gasteiger partial charge in [-0.3, -0.25) is 4.79 Å². The molecule has 0 bridgehead atoms. The Morgan fingerprint density at radius 2 is 1.30 bits per heavy atom. The Morgan fingerprint density at radius 1 is 0.815 bits per heavy atom. The minimum atomic E-state index is -4.45. The van der Waals surface area contributed by atoms with Gasteiger partial charge in [-0.15, -0.1) is 0 Å². The summed E-state index contributed by atoms with van der Waals surface area (Å²) in [7, 11) is 0. The molecular weight excluding hydrogens is 376 g/mol. The topological polar surface area (TPSA) is 38.3 Å². The molecule has 0 atom stereocenters. The predicted molar refractivity (Wildman–Crippen MR) is 85.1 cm³/mol. The Bertz CT molecular complexity index is 751. The fraction of sp³-hybridized carbons (Fsp3) is 0.278. The summed E-state index contributed by atoms with van der Waals surface area (Å²) in [5, 5.41) is 2.52. The summed E-state index contributed by atoms with van der Waals surface area (Å²) >= 11 is 0. The van der Waals surface area contributed by atoms with Crippen LogP contribution in [-0.2, 0) is 23.6 Å². The molecular formula is C18H15F6NO2. The molecule has 0 spiro atoms. The van der Waals surface area contributed by atoms with Gasteiger partial charge in [0.05, 0.1) is 11.1 Å².